The Bertz CT molecular complexity index is 277. The van der Waals surface area contributed by atoms with E-state index in [-0.39, 0.29) is 5.60 Å². The zero-order valence-corrected chi connectivity index (χ0v) is 11.4. The average Bonchev–Trinajstić information content (AvgIpc) is 2.24. The van der Waals surface area contributed by atoms with E-state index < -0.39 is 0 Å². The minimum Gasteiger partial charge on any atom is -0.338 e. The monoisotopic (exact) mass is 240 g/mol. The molecule has 0 aromatic heterocycles. The quantitative estimate of drug-likeness (QED) is 0.445. The lowest BCUT2D eigenvalue weighted by atomic mass is 10.2. The maximum Gasteiger partial charge on any atom is 0.225 e. The number of nitrogens with one attached hydrogen (secondary N) is 1. The highest BCUT2D eigenvalue weighted by Gasteiger charge is 2.22. The van der Waals surface area contributed by atoms with E-state index in [1.165, 1.54) is 0 Å². The normalized spacial score (nSPS) is 18.1. The first-order valence-corrected chi connectivity index (χ1v) is 6.01. The predicted molar refractivity (Wildman–Crippen MR) is 70.7 cm³/mol. The largest absolute Gasteiger partial charge is 0.338 e. The van der Waals surface area contributed by atoms with Gasteiger partial charge < -0.3 is 10.2 Å². The highest BCUT2D eigenvalue weighted by atomic mass is 16.7. The van der Waals surface area contributed by atoms with Crippen LogP contribution in [0.4, 0.5) is 0 Å². The SMILES string of the molecule is C=C/N=C(/N1CCNCC1)N(C)OC(C)(C)C. The van der Waals surface area contributed by atoms with Gasteiger partial charge in [-0.25, -0.2) is 10.1 Å². The minimum atomic E-state index is -0.231. The van der Waals surface area contributed by atoms with Crippen molar-refractivity contribution in [1.29, 1.82) is 0 Å². The van der Waals surface area contributed by atoms with Crippen molar-refractivity contribution in [3.05, 3.63) is 12.8 Å². The zero-order valence-electron chi connectivity index (χ0n) is 11.4. The van der Waals surface area contributed by atoms with Crippen LogP contribution in [-0.2, 0) is 4.84 Å². The van der Waals surface area contributed by atoms with Crippen molar-refractivity contribution < 1.29 is 4.84 Å². The summed E-state index contributed by atoms with van der Waals surface area (Å²) in [5.41, 5.74) is -0.231. The van der Waals surface area contributed by atoms with E-state index in [0.29, 0.717) is 0 Å². The van der Waals surface area contributed by atoms with Crippen molar-refractivity contribution in [1.82, 2.24) is 15.3 Å². The fraction of sp³-hybridized carbons (Fsp3) is 0.750. The van der Waals surface area contributed by atoms with E-state index in [9.17, 15) is 0 Å². The molecule has 0 aromatic rings. The molecule has 0 amide bonds. The molecule has 5 nitrogen and oxygen atoms in total. The number of aliphatic imine (C=N–C) groups is 1. The number of hydrogen-bond acceptors (Lipinski definition) is 3. The van der Waals surface area contributed by atoms with Gasteiger partial charge in [-0.15, -0.1) is 0 Å². The van der Waals surface area contributed by atoms with Gasteiger partial charge in [-0.1, -0.05) is 6.58 Å². The van der Waals surface area contributed by atoms with E-state index in [0.717, 1.165) is 32.1 Å². The molecule has 17 heavy (non-hydrogen) atoms. The number of nitrogens with zero attached hydrogens (tertiary/aromatic N) is 3. The van der Waals surface area contributed by atoms with E-state index >= 15 is 0 Å². The molecule has 1 heterocycles. The van der Waals surface area contributed by atoms with Crippen LogP contribution in [0, 0.1) is 0 Å². The molecule has 0 radical (unpaired) electrons. The summed E-state index contributed by atoms with van der Waals surface area (Å²) in [6.07, 6.45) is 1.56. The lowest BCUT2D eigenvalue weighted by Gasteiger charge is -2.36. The van der Waals surface area contributed by atoms with Crippen molar-refractivity contribution in [2.75, 3.05) is 33.2 Å². The maximum absolute atomic E-state index is 5.80. The number of hydroxylamine groups is 2. The van der Waals surface area contributed by atoms with E-state index in [1.54, 1.807) is 11.3 Å². The van der Waals surface area contributed by atoms with Crippen molar-refractivity contribution in [2.24, 2.45) is 4.99 Å². The van der Waals surface area contributed by atoms with Gasteiger partial charge in [0.15, 0.2) is 0 Å². The first-order valence-electron chi connectivity index (χ1n) is 6.01. The first-order chi connectivity index (χ1) is 7.94. The van der Waals surface area contributed by atoms with Crippen LogP contribution in [0.2, 0.25) is 0 Å². The van der Waals surface area contributed by atoms with Gasteiger partial charge >= 0.3 is 0 Å². The Morgan fingerprint density at radius 3 is 2.47 bits per heavy atom. The van der Waals surface area contributed by atoms with E-state index in [4.69, 9.17) is 4.84 Å². The topological polar surface area (TPSA) is 40.1 Å². The Morgan fingerprint density at radius 1 is 1.41 bits per heavy atom. The molecule has 98 valence electrons. The molecule has 0 bridgehead atoms. The Hall–Kier alpha value is -1.07. The van der Waals surface area contributed by atoms with Crippen LogP contribution in [0.3, 0.4) is 0 Å². The smallest absolute Gasteiger partial charge is 0.225 e. The summed E-state index contributed by atoms with van der Waals surface area (Å²) >= 11 is 0. The lowest BCUT2D eigenvalue weighted by Crippen LogP contribution is -2.52. The molecule has 0 saturated carbocycles. The average molecular weight is 240 g/mol. The number of hydrogen-bond donors (Lipinski definition) is 1. The summed E-state index contributed by atoms with van der Waals surface area (Å²) in [7, 11) is 1.88. The summed E-state index contributed by atoms with van der Waals surface area (Å²) < 4.78 is 0. The number of piperazine rings is 1. The predicted octanol–water partition coefficient (Wildman–Crippen LogP) is 1.05. The van der Waals surface area contributed by atoms with Gasteiger partial charge in [0.1, 0.15) is 0 Å². The van der Waals surface area contributed by atoms with Gasteiger partial charge in [0.2, 0.25) is 5.96 Å². The Kier molecular flexibility index (Phi) is 4.96. The van der Waals surface area contributed by atoms with Crippen LogP contribution in [0.5, 0.6) is 0 Å². The van der Waals surface area contributed by atoms with Gasteiger partial charge in [0, 0.05) is 39.4 Å². The standard InChI is InChI=1S/C12H24N4O/c1-6-14-11(15(5)17-12(2,3)4)16-9-7-13-8-10-16/h6,13H,1,7-10H2,2-5H3/b14-11+. The molecule has 0 unspecified atom stereocenters. The van der Waals surface area contributed by atoms with E-state index in [2.05, 4.69) is 21.8 Å². The van der Waals surface area contributed by atoms with Crippen LogP contribution >= 0.6 is 0 Å². The van der Waals surface area contributed by atoms with Gasteiger partial charge in [-0.2, -0.15) is 0 Å². The second kappa shape index (κ2) is 6.02. The molecule has 1 saturated heterocycles. The van der Waals surface area contributed by atoms with Gasteiger partial charge in [0.05, 0.1) is 5.60 Å². The van der Waals surface area contributed by atoms with Crippen molar-refractivity contribution in [3.8, 4) is 0 Å². The second-order valence-corrected chi connectivity index (χ2v) is 5.05. The van der Waals surface area contributed by atoms with Gasteiger partial charge in [0.25, 0.3) is 0 Å². The first kappa shape index (κ1) is 14.0. The van der Waals surface area contributed by atoms with Crippen LogP contribution in [0.1, 0.15) is 20.8 Å². The summed E-state index contributed by atoms with van der Waals surface area (Å²) in [5.74, 6) is 0.816. The fourth-order valence-corrected chi connectivity index (χ4v) is 1.76. The van der Waals surface area contributed by atoms with Crippen LogP contribution in [-0.4, -0.2) is 54.8 Å². The summed E-state index contributed by atoms with van der Waals surface area (Å²) in [4.78, 5) is 12.3. The number of rotatable bonds is 2. The Morgan fingerprint density at radius 2 is 2.00 bits per heavy atom. The van der Waals surface area contributed by atoms with Crippen LogP contribution in [0.25, 0.3) is 0 Å². The van der Waals surface area contributed by atoms with Crippen molar-refractivity contribution in [3.63, 3.8) is 0 Å². The zero-order chi connectivity index (χ0) is 12.9. The minimum absolute atomic E-state index is 0.231. The molecule has 1 aliphatic rings. The molecule has 1 fully saturated rings. The summed E-state index contributed by atoms with van der Waals surface area (Å²) in [6, 6.07) is 0. The lowest BCUT2D eigenvalue weighted by molar-refractivity contribution is -0.173. The van der Waals surface area contributed by atoms with Crippen LogP contribution < -0.4 is 5.32 Å². The third-order valence-electron chi connectivity index (χ3n) is 2.30. The highest BCUT2D eigenvalue weighted by Crippen LogP contribution is 2.11. The van der Waals surface area contributed by atoms with Gasteiger partial charge in [-0.05, 0) is 20.8 Å². The van der Waals surface area contributed by atoms with Gasteiger partial charge in [-0.3, -0.25) is 4.84 Å². The van der Waals surface area contributed by atoms with Crippen molar-refractivity contribution in [2.45, 2.75) is 26.4 Å². The highest BCUT2D eigenvalue weighted by molar-refractivity contribution is 5.79. The van der Waals surface area contributed by atoms with E-state index in [1.807, 2.05) is 27.8 Å². The molecular weight excluding hydrogens is 216 g/mol. The molecule has 0 aromatic carbocycles. The third-order valence-corrected chi connectivity index (χ3v) is 2.30. The fourth-order valence-electron chi connectivity index (χ4n) is 1.76. The third kappa shape index (κ3) is 4.75. The molecule has 0 spiro atoms. The molecule has 5 heteroatoms. The molecular formula is C12H24N4O. The molecule has 1 N–H and O–H groups in total. The second-order valence-electron chi connectivity index (χ2n) is 5.05. The molecule has 0 atom stereocenters. The summed E-state index contributed by atoms with van der Waals surface area (Å²) in [6.45, 7) is 13.5. The Balaban J connectivity index is 2.70. The number of guanidine groups is 1. The van der Waals surface area contributed by atoms with Crippen molar-refractivity contribution >= 4 is 5.96 Å². The maximum atomic E-state index is 5.80. The molecule has 1 aliphatic heterocycles. The summed E-state index contributed by atoms with van der Waals surface area (Å²) in [5, 5.41) is 5.05. The molecule has 1 rings (SSSR count). The van der Waals surface area contributed by atoms with Crippen LogP contribution in [0.15, 0.2) is 17.8 Å². The Labute approximate surface area is 104 Å². The molecule has 0 aliphatic carbocycles.